The predicted molar refractivity (Wildman–Crippen MR) is 95.3 cm³/mol. The van der Waals surface area contributed by atoms with Crippen molar-refractivity contribution < 1.29 is 13.9 Å². The summed E-state index contributed by atoms with van der Waals surface area (Å²) in [5, 5.41) is 2.93. The van der Waals surface area contributed by atoms with Gasteiger partial charge in [0.05, 0.1) is 6.54 Å². The predicted octanol–water partition coefficient (Wildman–Crippen LogP) is 3.11. The lowest BCUT2D eigenvalue weighted by atomic mass is 10.1. The number of benzene rings is 1. The van der Waals surface area contributed by atoms with E-state index in [4.69, 9.17) is 4.74 Å². The van der Waals surface area contributed by atoms with Gasteiger partial charge in [-0.3, -0.25) is 9.69 Å². The molecule has 0 spiro atoms. The second-order valence-corrected chi connectivity index (χ2v) is 7.04. The number of nitrogens with zero attached hydrogens (tertiary/aromatic N) is 2. The molecular weight excluding hydrogens is 333 g/mol. The Balaban J connectivity index is 1.36. The number of para-hydroxylation sites is 1. The van der Waals surface area contributed by atoms with E-state index in [2.05, 4.69) is 15.2 Å². The van der Waals surface area contributed by atoms with Crippen LogP contribution in [0.5, 0.6) is 11.6 Å². The van der Waals surface area contributed by atoms with Crippen molar-refractivity contribution in [2.24, 2.45) is 5.92 Å². The number of pyridine rings is 1. The Labute approximate surface area is 152 Å². The zero-order valence-electron chi connectivity index (χ0n) is 14.5. The molecular formula is C20H22FN3O2. The van der Waals surface area contributed by atoms with Crippen molar-refractivity contribution in [3.8, 4) is 11.6 Å². The molecule has 0 unspecified atom stereocenters. The van der Waals surface area contributed by atoms with E-state index in [1.165, 1.54) is 25.3 Å². The number of carbonyl (C=O) groups is 1. The van der Waals surface area contributed by atoms with Crippen molar-refractivity contribution in [3.05, 3.63) is 54.0 Å². The third-order valence-corrected chi connectivity index (χ3v) is 5.24. The van der Waals surface area contributed by atoms with Crippen molar-refractivity contribution in [1.29, 1.82) is 0 Å². The van der Waals surface area contributed by atoms with E-state index >= 15 is 0 Å². The first-order valence-corrected chi connectivity index (χ1v) is 9.06. The molecule has 2 fully saturated rings. The number of carbonyl (C=O) groups excluding carboxylic acids is 1. The average Bonchev–Trinajstić information content (AvgIpc) is 3.26. The second kappa shape index (κ2) is 7.41. The summed E-state index contributed by atoms with van der Waals surface area (Å²) in [7, 11) is 0. The van der Waals surface area contributed by atoms with E-state index in [0.717, 1.165) is 12.5 Å². The first kappa shape index (κ1) is 17.0. The zero-order chi connectivity index (χ0) is 17.9. The maximum Gasteiger partial charge on any atom is 0.234 e. The van der Waals surface area contributed by atoms with Crippen LogP contribution in [0, 0.1) is 11.7 Å². The highest BCUT2D eigenvalue weighted by atomic mass is 19.1. The van der Waals surface area contributed by atoms with Crippen molar-refractivity contribution >= 4 is 5.91 Å². The average molecular weight is 355 g/mol. The molecule has 1 saturated heterocycles. The summed E-state index contributed by atoms with van der Waals surface area (Å²) in [6.07, 6.45) is 5.33. The van der Waals surface area contributed by atoms with Crippen LogP contribution in [0.4, 0.5) is 4.39 Å². The zero-order valence-corrected chi connectivity index (χ0v) is 14.5. The van der Waals surface area contributed by atoms with Crippen LogP contribution in [0.25, 0.3) is 0 Å². The van der Waals surface area contributed by atoms with E-state index < -0.39 is 5.82 Å². The summed E-state index contributed by atoms with van der Waals surface area (Å²) >= 11 is 0. The molecule has 1 aliphatic heterocycles. The number of ether oxygens (including phenoxy) is 1. The van der Waals surface area contributed by atoms with E-state index in [1.54, 1.807) is 30.5 Å². The van der Waals surface area contributed by atoms with E-state index in [-0.39, 0.29) is 11.7 Å². The van der Waals surface area contributed by atoms with Gasteiger partial charge in [0.25, 0.3) is 0 Å². The summed E-state index contributed by atoms with van der Waals surface area (Å²) in [6, 6.07) is 10.4. The summed E-state index contributed by atoms with van der Waals surface area (Å²) in [5.41, 5.74) is 0.715. The van der Waals surface area contributed by atoms with E-state index in [1.807, 2.05) is 6.07 Å². The molecule has 1 aromatic carbocycles. The molecule has 136 valence electrons. The number of rotatable bonds is 6. The Morgan fingerprint density at radius 3 is 2.92 bits per heavy atom. The molecule has 1 amide bonds. The summed E-state index contributed by atoms with van der Waals surface area (Å²) < 4.78 is 19.4. The fourth-order valence-corrected chi connectivity index (χ4v) is 3.94. The Hall–Kier alpha value is -2.47. The van der Waals surface area contributed by atoms with Crippen LogP contribution in [-0.4, -0.2) is 34.9 Å². The number of halogens is 1. The largest absolute Gasteiger partial charge is 0.436 e. The van der Waals surface area contributed by atoms with Crippen LogP contribution in [0.3, 0.4) is 0 Å². The molecule has 1 saturated carbocycles. The maximum atomic E-state index is 13.8. The lowest BCUT2D eigenvalue weighted by Gasteiger charge is -2.25. The number of hydrogen-bond donors (Lipinski definition) is 1. The SMILES string of the molecule is O=C(CN1C[C@H]2CC[C@@H]1C2)NCc1cccnc1Oc1ccccc1F. The minimum absolute atomic E-state index is 0.00163. The molecule has 1 aliphatic carbocycles. The normalized spacial score (nSPS) is 21.7. The molecule has 2 aromatic rings. The summed E-state index contributed by atoms with van der Waals surface area (Å²) in [4.78, 5) is 18.8. The fourth-order valence-electron chi connectivity index (χ4n) is 3.94. The Bertz CT molecular complexity index is 798. The molecule has 6 heteroatoms. The van der Waals surface area contributed by atoms with Gasteiger partial charge in [-0.05, 0) is 43.4 Å². The molecule has 2 bridgehead atoms. The number of piperidine rings is 1. The van der Waals surface area contributed by atoms with Gasteiger partial charge in [0, 0.05) is 30.9 Å². The van der Waals surface area contributed by atoms with Gasteiger partial charge in [0.2, 0.25) is 11.8 Å². The third kappa shape index (κ3) is 3.70. The van der Waals surface area contributed by atoms with Crippen molar-refractivity contribution in [2.45, 2.75) is 31.8 Å². The summed E-state index contributed by atoms with van der Waals surface area (Å²) in [5.74, 6) is 0.743. The minimum Gasteiger partial charge on any atom is -0.436 e. The molecule has 5 nitrogen and oxygen atoms in total. The summed E-state index contributed by atoms with van der Waals surface area (Å²) in [6.45, 7) is 1.77. The highest BCUT2D eigenvalue weighted by Gasteiger charge is 2.38. The monoisotopic (exact) mass is 355 g/mol. The number of aromatic nitrogens is 1. The quantitative estimate of drug-likeness (QED) is 0.865. The van der Waals surface area contributed by atoms with Crippen LogP contribution in [-0.2, 0) is 11.3 Å². The first-order valence-electron chi connectivity index (χ1n) is 9.06. The number of fused-ring (bicyclic) bond motifs is 2. The number of hydrogen-bond acceptors (Lipinski definition) is 4. The fraction of sp³-hybridized carbons (Fsp3) is 0.400. The van der Waals surface area contributed by atoms with Crippen LogP contribution >= 0.6 is 0 Å². The van der Waals surface area contributed by atoms with Gasteiger partial charge in [-0.2, -0.15) is 0 Å². The maximum absolute atomic E-state index is 13.8. The standard InChI is InChI=1S/C20H22FN3O2/c21-17-5-1-2-6-18(17)26-20-15(4-3-9-22-20)11-23-19(25)13-24-12-14-7-8-16(24)10-14/h1-6,9,14,16H,7-8,10-13H2,(H,23,25)/t14-,16+/m0/s1. The van der Waals surface area contributed by atoms with Crippen LogP contribution in [0.1, 0.15) is 24.8 Å². The highest BCUT2D eigenvalue weighted by Crippen LogP contribution is 2.36. The smallest absolute Gasteiger partial charge is 0.234 e. The number of likely N-dealkylation sites (tertiary alicyclic amines) is 1. The minimum atomic E-state index is -0.447. The topological polar surface area (TPSA) is 54.5 Å². The van der Waals surface area contributed by atoms with Gasteiger partial charge in [-0.15, -0.1) is 0 Å². The number of nitrogens with one attached hydrogen (secondary N) is 1. The van der Waals surface area contributed by atoms with Gasteiger partial charge >= 0.3 is 0 Å². The lowest BCUT2D eigenvalue weighted by Crippen LogP contribution is -2.41. The molecule has 0 radical (unpaired) electrons. The molecule has 26 heavy (non-hydrogen) atoms. The van der Waals surface area contributed by atoms with Gasteiger partial charge in [-0.25, -0.2) is 9.37 Å². The van der Waals surface area contributed by atoms with Gasteiger partial charge in [0.15, 0.2) is 11.6 Å². The van der Waals surface area contributed by atoms with E-state index in [0.29, 0.717) is 30.6 Å². The molecule has 1 N–H and O–H groups in total. The van der Waals surface area contributed by atoms with Crippen molar-refractivity contribution in [3.63, 3.8) is 0 Å². The van der Waals surface area contributed by atoms with Gasteiger partial charge in [0.1, 0.15) is 0 Å². The Kier molecular flexibility index (Phi) is 4.84. The van der Waals surface area contributed by atoms with Crippen LogP contribution in [0.15, 0.2) is 42.6 Å². The molecule has 2 heterocycles. The first-order chi connectivity index (χ1) is 12.7. The van der Waals surface area contributed by atoms with E-state index in [9.17, 15) is 9.18 Å². The molecule has 2 aliphatic rings. The third-order valence-electron chi connectivity index (χ3n) is 5.24. The molecule has 1 aromatic heterocycles. The lowest BCUT2D eigenvalue weighted by molar-refractivity contribution is -0.122. The molecule has 4 rings (SSSR count). The van der Waals surface area contributed by atoms with Gasteiger partial charge < -0.3 is 10.1 Å². The second-order valence-electron chi connectivity index (χ2n) is 7.04. The number of amides is 1. The van der Waals surface area contributed by atoms with Crippen LogP contribution < -0.4 is 10.1 Å². The van der Waals surface area contributed by atoms with Gasteiger partial charge in [-0.1, -0.05) is 18.2 Å². The Morgan fingerprint density at radius 2 is 2.15 bits per heavy atom. The highest BCUT2D eigenvalue weighted by molar-refractivity contribution is 5.78. The Morgan fingerprint density at radius 1 is 1.27 bits per heavy atom. The van der Waals surface area contributed by atoms with Crippen molar-refractivity contribution in [1.82, 2.24) is 15.2 Å². The van der Waals surface area contributed by atoms with Crippen LogP contribution in [0.2, 0.25) is 0 Å². The van der Waals surface area contributed by atoms with Crippen molar-refractivity contribution in [2.75, 3.05) is 13.1 Å². The molecule has 2 atom stereocenters.